The fourth-order valence-corrected chi connectivity index (χ4v) is 3.55. The molecule has 1 atom stereocenters. The van der Waals surface area contributed by atoms with Gasteiger partial charge in [0.25, 0.3) is 0 Å². The molecule has 5 nitrogen and oxygen atoms in total. The van der Waals surface area contributed by atoms with Gasteiger partial charge in [-0.1, -0.05) is 26.2 Å². The molecule has 0 aromatic rings. The lowest BCUT2D eigenvalue weighted by molar-refractivity contribution is -0.121. The summed E-state index contributed by atoms with van der Waals surface area (Å²) in [5.74, 6) is 1.83. The largest absolute Gasteiger partial charge is 0.356 e. The molecule has 1 aliphatic heterocycles. The van der Waals surface area contributed by atoms with Crippen molar-refractivity contribution in [1.82, 2.24) is 15.5 Å². The van der Waals surface area contributed by atoms with Crippen LogP contribution in [0.5, 0.6) is 0 Å². The number of carbonyl (C=O) groups excluding carboxylic acids is 1. The topological polar surface area (TPSA) is 56.7 Å². The number of hydrogen-bond donors (Lipinski definition) is 2. The Morgan fingerprint density at radius 1 is 1.18 bits per heavy atom. The Balaban J connectivity index is 1.66. The highest BCUT2D eigenvalue weighted by atomic mass is 16.1. The van der Waals surface area contributed by atoms with E-state index in [1.165, 1.54) is 32.1 Å². The lowest BCUT2D eigenvalue weighted by Gasteiger charge is -2.33. The third-order valence-corrected chi connectivity index (χ3v) is 4.77. The van der Waals surface area contributed by atoms with E-state index >= 15 is 0 Å². The molecule has 1 unspecified atom stereocenters. The van der Waals surface area contributed by atoms with Gasteiger partial charge in [-0.25, -0.2) is 0 Å². The second-order valence-electron chi connectivity index (χ2n) is 6.82. The summed E-state index contributed by atoms with van der Waals surface area (Å²) < 4.78 is 0. The molecule has 1 saturated heterocycles. The van der Waals surface area contributed by atoms with E-state index in [0.29, 0.717) is 19.0 Å². The van der Waals surface area contributed by atoms with Crippen molar-refractivity contribution in [1.29, 1.82) is 0 Å². The average molecular weight is 308 g/mol. The van der Waals surface area contributed by atoms with E-state index in [-0.39, 0.29) is 5.91 Å². The molecule has 0 radical (unpaired) electrons. The molecule has 0 spiro atoms. The Kier molecular flexibility index (Phi) is 7.00. The van der Waals surface area contributed by atoms with Gasteiger partial charge in [0.15, 0.2) is 5.96 Å². The number of piperidine rings is 1. The van der Waals surface area contributed by atoms with E-state index in [4.69, 9.17) is 0 Å². The number of aliphatic imine (C=N–C) groups is 1. The minimum atomic E-state index is 0.168. The number of guanidine groups is 1. The molecule has 2 rings (SSSR count). The van der Waals surface area contributed by atoms with E-state index in [0.717, 1.165) is 37.8 Å². The van der Waals surface area contributed by atoms with Crippen molar-refractivity contribution >= 4 is 11.9 Å². The molecule has 2 aliphatic rings. The fourth-order valence-electron chi connectivity index (χ4n) is 3.55. The quantitative estimate of drug-likeness (QED) is 0.618. The summed E-state index contributed by atoms with van der Waals surface area (Å²) in [4.78, 5) is 18.7. The van der Waals surface area contributed by atoms with Gasteiger partial charge in [-0.3, -0.25) is 9.79 Å². The summed E-state index contributed by atoms with van der Waals surface area (Å²) in [5, 5.41) is 6.51. The summed E-state index contributed by atoms with van der Waals surface area (Å²) in [5.41, 5.74) is 0. The summed E-state index contributed by atoms with van der Waals surface area (Å²) >= 11 is 0. The number of carbonyl (C=O) groups is 1. The van der Waals surface area contributed by atoms with Gasteiger partial charge < -0.3 is 15.5 Å². The van der Waals surface area contributed by atoms with Crippen LogP contribution in [-0.4, -0.2) is 49.5 Å². The van der Waals surface area contributed by atoms with Crippen molar-refractivity contribution in [3.8, 4) is 0 Å². The second kappa shape index (κ2) is 9.01. The van der Waals surface area contributed by atoms with Gasteiger partial charge in [0.05, 0.1) is 0 Å². The number of nitrogens with zero attached hydrogens (tertiary/aromatic N) is 2. The zero-order valence-corrected chi connectivity index (χ0v) is 14.2. The number of nitrogens with one attached hydrogen (secondary N) is 2. The molecule has 5 heteroatoms. The Labute approximate surface area is 134 Å². The first-order valence-electron chi connectivity index (χ1n) is 8.94. The Morgan fingerprint density at radius 2 is 1.95 bits per heavy atom. The molecule has 1 aliphatic carbocycles. The summed E-state index contributed by atoms with van der Waals surface area (Å²) in [6.07, 6.45) is 9.17. The van der Waals surface area contributed by atoms with E-state index in [1.54, 1.807) is 0 Å². The van der Waals surface area contributed by atoms with Crippen LogP contribution in [0.15, 0.2) is 4.99 Å². The molecule has 2 fully saturated rings. The Hall–Kier alpha value is -1.26. The SMILES string of the molecule is CN=C(NCCC(=O)NC1CCCCC1)N1CCCC(C)C1. The van der Waals surface area contributed by atoms with Crippen LogP contribution in [0.1, 0.15) is 58.3 Å². The van der Waals surface area contributed by atoms with E-state index in [2.05, 4.69) is 27.4 Å². The van der Waals surface area contributed by atoms with Gasteiger partial charge in [-0.05, 0) is 31.6 Å². The van der Waals surface area contributed by atoms with Crippen molar-refractivity contribution in [3.05, 3.63) is 0 Å². The molecular formula is C17H32N4O. The molecule has 126 valence electrons. The van der Waals surface area contributed by atoms with Gasteiger partial charge >= 0.3 is 0 Å². The molecule has 22 heavy (non-hydrogen) atoms. The first-order valence-corrected chi connectivity index (χ1v) is 8.94. The molecule has 1 amide bonds. The molecule has 0 aromatic carbocycles. The van der Waals surface area contributed by atoms with Gasteiger partial charge in [0, 0.05) is 39.1 Å². The van der Waals surface area contributed by atoms with Gasteiger partial charge in [-0.15, -0.1) is 0 Å². The summed E-state index contributed by atoms with van der Waals surface area (Å²) in [7, 11) is 1.82. The maximum Gasteiger partial charge on any atom is 0.221 e. The van der Waals surface area contributed by atoms with Crippen LogP contribution >= 0.6 is 0 Å². The molecule has 1 saturated carbocycles. The van der Waals surface area contributed by atoms with Gasteiger partial charge in [0.1, 0.15) is 0 Å². The first-order chi connectivity index (χ1) is 10.7. The van der Waals surface area contributed by atoms with Crippen LogP contribution in [0.2, 0.25) is 0 Å². The standard InChI is InChI=1S/C17H32N4O/c1-14-7-6-12-21(13-14)17(18-2)19-11-10-16(22)20-15-8-4-3-5-9-15/h14-15H,3-13H2,1-2H3,(H,18,19)(H,20,22). The van der Waals surface area contributed by atoms with Crippen molar-refractivity contribution in [2.75, 3.05) is 26.7 Å². The predicted octanol–water partition coefficient (Wildman–Crippen LogP) is 2.13. The third kappa shape index (κ3) is 5.50. The molecular weight excluding hydrogens is 276 g/mol. The van der Waals surface area contributed by atoms with Crippen molar-refractivity contribution in [2.24, 2.45) is 10.9 Å². The van der Waals surface area contributed by atoms with Gasteiger partial charge in [0.2, 0.25) is 5.91 Å². The van der Waals surface area contributed by atoms with E-state index in [1.807, 2.05) is 7.05 Å². The van der Waals surface area contributed by atoms with Crippen molar-refractivity contribution < 1.29 is 4.79 Å². The minimum Gasteiger partial charge on any atom is -0.356 e. The third-order valence-electron chi connectivity index (χ3n) is 4.77. The number of amides is 1. The highest BCUT2D eigenvalue weighted by molar-refractivity contribution is 5.81. The molecule has 1 heterocycles. The Bertz CT molecular complexity index is 377. The minimum absolute atomic E-state index is 0.168. The summed E-state index contributed by atoms with van der Waals surface area (Å²) in [6, 6.07) is 0.406. The highest BCUT2D eigenvalue weighted by Crippen LogP contribution is 2.17. The number of likely N-dealkylation sites (tertiary alicyclic amines) is 1. The highest BCUT2D eigenvalue weighted by Gasteiger charge is 2.19. The zero-order chi connectivity index (χ0) is 15.8. The van der Waals surface area contributed by atoms with E-state index in [9.17, 15) is 4.79 Å². The lowest BCUT2D eigenvalue weighted by atomic mass is 9.95. The Morgan fingerprint density at radius 3 is 2.64 bits per heavy atom. The predicted molar refractivity (Wildman–Crippen MR) is 91.0 cm³/mol. The summed E-state index contributed by atoms with van der Waals surface area (Å²) in [6.45, 7) is 5.08. The van der Waals surface area contributed by atoms with Gasteiger partial charge in [-0.2, -0.15) is 0 Å². The lowest BCUT2D eigenvalue weighted by Crippen LogP contribution is -2.47. The first kappa shape index (κ1) is 17.1. The second-order valence-corrected chi connectivity index (χ2v) is 6.82. The average Bonchev–Trinajstić information content (AvgIpc) is 2.52. The normalized spacial score (nSPS) is 24.2. The number of hydrogen-bond acceptors (Lipinski definition) is 2. The smallest absolute Gasteiger partial charge is 0.221 e. The molecule has 0 aromatic heterocycles. The van der Waals surface area contributed by atoms with Crippen LogP contribution in [0, 0.1) is 5.92 Å². The van der Waals surface area contributed by atoms with E-state index < -0.39 is 0 Å². The van der Waals surface area contributed by atoms with Crippen molar-refractivity contribution in [3.63, 3.8) is 0 Å². The fraction of sp³-hybridized carbons (Fsp3) is 0.882. The van der Waals surface area contributed by atoms with Crippen LogP contribution in [-0.2, 0) is 4.79 Å². The van der Waals surface area contributed by atoms with Crippen LogP contribution in [0.25, 0.3) is 0 Å². The van der Waals surface area contributed by atoms with Crippen LogP contribution in [0.3, 0.4) is 0 Å². The monoisotopic (exact) mass is 308 g/mol. The number of rotatable bonds is 4. The van der Waals surface area contributed by atoms with Crippen LogP contribution in [0.4, 0.5) is 0 Å². The molecule has 0 bridgehead atoms. The van der Waals surface area contributed by atoms with Crippen LogP contribution < -0.4 is 10.6 Å². The molecule has 2 N–H and O–H groups in total. The maximum atomic E-state index is 12.0. The zero-order valence-electron chi connectivity index (χ0n) is 14.2. The van der Waals surface area contributed by atoms with Crippen molar-refractivity contribution in [2.45, 2.75) is 64.3 Å². The maximum absolute atomic E-state index is 12.0.